The Balaban J connectivity index is 1.51. The van der Waals surface area contributed by atoms with Crippen LogP contribution < -0.4 is 26.0 Å². The molecule has 1 aliphatic heterocycles. The molecule has 4 aromatic rings. The van der Waals surface area contributed by atoms with E-state index < -0.39 is 35.4 Å². The van der Waals surface area contributed by atoms with E-state index in [-0.39, 0.29) is 35.1 Å². The summed E-state index contributed by atoms with van der Waals surface area (Å²) in [5, 5.41) is 2.19. The molecule has 0 unspecified atom stereocenters. The van der Waals surface area contributed by atoms with Crippen LogP contribution in [0, 0.1) is 0 Å². The molecular formula is C24H16ClF3N4O5. The van der Waals surface area contributed by atoms with E-state index in [1.807, 2.05) is 0 Å². The van der Waals surface area contributed by atoms with E-state index in [2.05, 4.69) is 10.3 Å². The lowest BCUT2D eigenvalue weighted by Gasteiger charge is -2.15. The fourth-order valence-corrected chi connectivity index (χ4v) is 4.05. The van der Waals surface area contributed by atoms with E-state index in [1.54, 1.807) is 18.2 Å². The summed E-state index contributed by atoms with van der Waals surface area (Å²) in [7, 11) is 0. The number of carbonyl (C=O) groups is 1. The highest BCUT2D eigenvalue weighted by molar-refractivity contribution is 6.33. The van der Waals surface area contributed by atoms with Crippen molar-refractivity contribution in [2.45, 2.75) is 19.3 Å². The van der Waals surface area contributed by atoms with Gasteiger partial charge >= 0.3 is 11.9 Å². The van der Waals surface area contributed by atoms with E-state index in [1.165, 1.54) is 18.3 Å². The molecule has 1 N–H and O–H groups in total. The minimum Gasteiger partial charge on any atom is -0.454 e. The van der Waals surface area contributed by atoms with Crippen LogP contribution >= 0.6 is 11.6 Å². The first-order valence-corrected chi connectivity index (χ1v) is 11.1. The lowest BCUT2D eigenvalue weighted by atomic mass is 10.2. The molecule has 0 atom stereocenters. The van der Waals surface area contributed by atoms with Gasteiger partial charge in [-0.05, 0) is 48.0 Å². The number of nitrogens with zero attached hydrogens (tertiary/aromatic N) is 3. The van der Waals surface area contributed by atoms with Gasteiger partial charge in [-0.3, -0.25) is 18.7 Å². The van der Waals surface area contributed by atoms with Crippen molar-refractivity contribution in [3.63, 3.8) is 0 Å². The Labute approximate surface area is 210 Å². The van der Waals surface area contributed by atoms with Crippen molar-refractivity contribution in [3.05, 3.63) is 91.7 Å². The molecule has 1 aliphatic rings. The first-order chi connectivity index (χ1) is 17.6. The minimum atomic E-state index is -4.65. The topological polar surface area (TPSA) is 104 Å². The third-order valence-electron chi connectivity index (χ3n) is 5.63. The number of carbonyl (C=O) groups excluding carboxylic acids is 1. The third-order valence-corrected chi connectivity index (χ3v) is 5.96. The number of fused-ring (bicyclic) bond motifs is 2. The molecule has 1 amide bonds. The monoisotopic (exact) mass is 532 g/mol. The zero-order valence-electron chi connectivity index (χ0n) is 18.7. The van der Waals surface area contributed by atoms with Crippen molar-refractivity contribution in [1.82, 2.24) is 14.1 Å². The molecule has 190 valence electrons. The van der Waals surface area contributed by atoms with E-state index in [0.717, 1.165) is 21.3 Å². The van der Waals surface area contributed by atoms with E-state index in [9.17, 15) is 27.6 Å². The Morgan fingerprint density at radius 2 is 1.84 bits per heavy atom. The van der Waals surface area contributed by atoms with Crippen LogP contribution in [0.2, 0.25) is 5.02 Å². The van der Waals surface area contributed by atoms with Crippen LogP contribution in [0.25, 0.3) is 11.0 Å². The normalized spacial score (nSPS) is 12.6. The average Bonchev–Trinajstić information content (AvgIpc) is 3.33. The predicted molar refractivity (Wildman–Crippen MR) is 127 cm³/mol. The SMILES string of the molecule is O=C(Cn1c(=O)n(Cc2ccc3c(c2)OCO3)c(=O)c2ncccc21)Nc1cc(C(F)(F)F)ccc1Cl. The summed E-state index contributed by atoms with van der Waals surface area (Å²) < 4.78 is 51.8. The molecule has 0 fully saturated rings. The molecule has 9 nitrogen and oxygen atoms in total. The Kier molecular flexibility index (Phi) is 6.12. The number of aromatic nitrogens is 3. The first-order valence-electron chi connectivity index (χ1n) is 10.8. The van der Waals surface area contributed by atoms with Crippen LogP contribution in [0.1, 0.15) is 11.1 Å². The van der Waals surface area contributed by atoms with Crippen molar-refractivity contribution in [2.24, 2.45) is 0 Å². The first kappa shape index (κ1) is 24.4. The van der Waals surface area contributed by atoms with Crippen molar-refractivity contribution in [1.29, 1.82) is 0 Å². The van der Waals surface area contributed by atoms with Gasteiger partial charge in [-0.25, -0.2) is 9.78 Å². The van der Waals surface area contributed by atoms with Gasteiger partial charge in [-0.15, -0.1) is 0 Å². The molecule has 13 heteroatoms. The van der Waals surface area contributed by atoms with Crippen LogP contribution in [-0.4, -0.2) is 26.8 Å². The molecule has 0 spiro atoms. The highest BCUT2D eigenvalue weighted by atomic mass is 35.5. The molecule has 0 aliphatic carbocycles. The lowest BCUT2D eigenvalue weighted by Crippen LogP contribution is -2.42. The number of halogens is 4. The number of ether oxygens (including phenoxy) is 2. The zero-order valence-corrected chi connectivity index (χ0v) is 19.5. The number of hydrogen-bond donors (Lipinski definition) is 1. The largest absolute Gasteiger partial charge is 0.454 e. The Morgan fingerprint density at radius 1 is 1.05 bits per heavy atom. The molecule has 2 aromatic heterocycles. The minimum absolute atomic E-state index is 0.0520. The quantitative estimate of drug-likeness (QED) is 0.421. The second kappa shape index (κ2) is 9.28. The van der Waals surface area contributed by atoms with Crippen LogP contribution in [0.5, 0.6) is 11.5 Å². The number of anilines is 1. The molecule has 3 heterocycles. The third kappa shape index (κ3) is 4.75. The van der Waals surface area contributed by atoms with Gasteiger partial charge in [-0.1, -0.05) is 17.7 Å². The van der Waals surface area contributed by atoms with Gasteiger partial charge in [0.2, 0.25) is 12.7 Å². The molecular weight excluding hydrogens is 517 g/mol. The van der Waals surface area contributed by atoms with Gasteiger partial charge < -0.3 is 14.8 Å². The number of nitrogens with one attached hydrogen (secondary N) is 1. The number of hydrogen-bond acceptors (Lipinski definition) is 6. The van der Waals surface area contributed by atoms with Crippen molar-refractivity contribution >= 4 is 34.2 Å². The smallest absolute Gasteiger partial charge is 0.416 e. The van der Waals surface area contributed by atoms with E-state index in [0.29, 0.717) is 23.1 Å². The summed E-state index contributed by atoms with van der Waals surface area (Å²) in [4.78, 5) is 43.4. The molecule has 0 saturated heterocycles. The Hall–Kier alpha value is -4.32. The second-order valence-electron chi connectivity index (χ2n) is 8.06. The summed E-state index contributed by atoms with van der Waals surface area (Å²) in [6.07, 6.45) is -3.28. The molecule has 2 aromatic carbocycles. The van der Waals surface area contributed by atoms with Crippen molar-refractivity contribution in [3.8, 4) is 11.5 Å². The molecule has 5 rings (SSSR count). The van der Waals surface area contributed by atoms with Crippen LogP contribution in [0.3, 0.4) is 0 Å². The van der Waals surface area contributed by atoms with Crippen LogP contribution in [-0.2, 0) is 24.1 Å². The van der Waals surface area contributed by atoms with Crippen LogP contribution in [0.15, 0.2) is 64.3 Å². The molecule has 0 saturated carbocycles. The standard InChI is InChI=1S/C24H16ClF3N4O5/c25-15-5-4-14(24(26,27)28)9-16(15)30-20(33)11-31-17-2-1-7-29-21(17)22(34)32(23(31)35)10-13-3-6-18-19(8-13)37-12-36-18/h1-9H,10-12H2,(H,30,33). The second-order valence-corrected chi connectivity index (χ2v) is 8.47. The highest BCUT2D eigenvalue weighted by Gasteiger charge is 2.31. The Bertz CT molecular complexity index is 1670. The lowest BCUT2D eigenvalue weighted by molar-refractivity contribution is -0.137. The maximum Gasteiger partial charge on any atom is 0.416 e. The number of alkyl halides is 3. The summed E-state index contributed by atoms with van der Waals surface area (Å²) in [5.74, 6) is 0.155. The average molecular weight is 533 g/mol. The number of rotatable bonds is 5. The Morgan fingerprint density at radius 3 is 2.62 bits per heavy atom. The van der Waals surface area contributed by atoms with Gasteiger partial charge in [0.1, 0.15) is 6.54 Å². The summed E-state index contributed by atoms with van der Waals surface area (Å²) in [5.41, 5.74) is -2.17. The van der Waals surface area contributed by atoms with Crippen molar-refractivity contribution in [2.75, 3.05) is 12.1 Å². The maximum absolute atomic E-state index is 13.4. The van der Waals surface area contributed by atoms with Gasteiger partial charge in [0.05, 0.1) is 28.3 Å². The number of amides is 1. The zero-order chi connectivity index (χ0) is 26.3. The van der Waals surface area contributed by atoms with Gasteiger partial charge in [0.15, 0.2) is 17.0 Å². The molecule has 37 heavy (non-hydrogen) atoms. The van der Waals surface area contributed by atoms with Crippen molar-refractivity contribution < 1.29 is 27.4 Å². The summed E-state index contributed by atoms with van der Waals surface area (Å²) in [6, 6.07) is 10.4. The highest BCUT2D eigenvalue weighted by Crippen LogP contribution is 2.34. The van der Waals surface area contributed by atoms with Gasteiger partial charge in [0, 0.05) is 6.20 Å². The molecule has 0 bridgehead atoms. The summed E-state index contributed by atoms with van der Waals surface area (Å²) >= 11 is 5.97. The van der Waals surface area contributed by atoms with Gasteiger partial charge in [0.25, 0.3) is 5.56 Å². The van der Waals surface area contributed by atoms with Gasteiger partial charge in [-0.2, -0.15) is 13.2 Å². The fourth-order valence-electron chi connectivity index (χ4n) is 3.89. The van der Waals surface area contributed by atoms with E-state index in [4.69, 9.17) is 21.1 Å². The maximum atomic E-state index is 13.4. The summed E-state index contributed by atoms with van der Waals surface area (Å²) in [6.45, 7) is -0.715. The molecule has 0 radical (unpaired) electrons. The van der Waals surface area contributed by atoms with Crippen LogP contribution in [0.4, 0.5) is 18.9 Å². The number of benzene rings is 2. The number of pyridine rings is 1. The predicted octanol–water partition coefficient (Wildman–Crippen LogP) is 3.65. The van der Waals surface area contributed by atoms with E-state index >= 15 is 0 Å². The fraction of sp³-hybridized carbons (Fsp3) is 0.167.